The molecule has 182 valence electrons. The first-order valence-corrected chi connectivity index (χ1v) is 10.2. The van der Waals surface area contributed by atoms with E-state index in [1.165, 1.54) is 0 Å². The van der Waals surface area contributed by atoms with Gasteiger partial charge in [0.1, 0.15) is 55.4 Å². The second-order valence-corrected chi connectivity index (χ2v) is 7.48. The van der Waals surface area contributed by atoms with Crippen molar-refractivity contribution in [3.05, 3.63) is 0 Å². The molecule has 2 rings (SSSR count). The zero-order valence-electron chi connectivity index (χ0n) is 16.4. The van der Waals surface area contributed by atoms with E-state index in [2.05, 4.69) is 23.4 Å². The van der Waals surface area contributed by atoms with Crippen LogP contribution in [0.4, 0.5) is 0 Å². The van der Waals surface area contributed by atoms with Crippen LogP contribution in [0.15, 0.2) is 0 Å². The van der Waals surface area contributed by atoms with Crippen molar-refractivity contribution in [2.75, 3.05) is 32.1 Å². The number of hydrogen-bond acceptors (Lipinski definition) is 14. The average molecular weight is 474 g/mol. The highest BCUT2D eigenvalue weighted by molar-refractivity contribution is 7.80. The minimum atomic E-state index is -1.75. The van der Waals surface area contributed by atoms with Crippen LogP contribution in [0.5, 0.6) is 0 Å². The van der Waals surface area contributed by atoms with E-state index in [4.69, 9.17) is 19.0 Å². The Balaban J connectivity index is 1.96. The monoisotopic (exact) mass is 474 g/mol. The lowest BCUT2D eigenvalue weighted by atomic mass is 9.96. The normalized spacial score (nSPS) is 41.2. The van der Waals surface area contributed by atoms with Crippen LogP contribution in [0.3, 0.4) is 0 Å². The highest BCUT2D eigenvalue weighted by Crippen LogP contribution is 2.28. The first kappa shape index (κ1) is 26.6. The topological polar surface area (TPSA) is 220 Å². The Hall–Kier alpha value is -0.660. The molecule has 14 nitrogen and oxygen atoms in total. The van der Waals surface area contributed by atoms with Gasteiger partial charge in [-0.3, -0.25) is 9.63 Å². The average Bonchev–Trinajstić information content (AvgIpc) is 2.76. The zero-order valence-corrected chi connectivity index (χ0v) is 17.3. The Morgan fingerprint density at radius 3 is 2.19 bits per heavy atom. The fraction of sp³-hybridized carbons (Fsp3) is 0.938. The van der Waals surface area contributed by atoms with Crippen molar-refractivity contribution >= 4 is 18.5 Å². The van der Waals surface area contributed by atoms with Gasteiger partial charge in [-0.1, -0.05) is 0 Å². The number of nitrogens with one attached hydrogen (secondary N) is 2. The molecule has 0 saturated carbocycles. The molecule has 0 spiro atoms. The van der Waals surface area contributed by atoms with Crippen LogP contribution in [0, 0.1) is 0 Å². The summed E-state index contributed by atoms with van der Waals surface area (Å²) in [6.07, 6.45) is -15.3. The van der Waals surface area contributed by atoms with Crippen molar-refractivity contribution in [2.24, 2.45) is 0 Å². The number of ether oxygens (including phenoxy) is 3. The maximum atomic E-state index is 11.5. The summed E-state index contributed by atoms with van der Waals surface area (Å²) in [7, 11) is 0. The molecular weight excluding hydrogens is 444 g/mol. The third-order valence-electron chi connectivity index (χ3n) is 4.84. The Kier molecular flexibility index (Phi) is 10.8. The molecular formula is C16H30N2O12S. The summed E-state index contributed by atoms with van der Waals surface area (Å²) >= 11 is 3.94. The van der Waals surface area contributed by atoms with Crippen LogP contribution in [0.2, 0.25) is 0 Å². The summed E-state index contributed by atoms with van der Waals surface area (Å²) in [5.41, 5.74) is 2.27. The molecule has 31 heavy (non-hydrogen) atoms. The van der Waals surface area contributed by atoms with Gasteiger partial charge in [-0.15, -0.1) is 0 Å². The smallest absolute Gasteiger partial charge is 0.248 e. The molecule has 0 aromatic carbocycles. The number of amides is 1. The van der Waals surface area contributed by atoms with Crippen LogP contribution < -0.4 is 10.8 Å². The Morgan fingerprint density at radius 1 is 0.903 bits per heavy atom. The molecule has 2 saturated heterocycles. The Morgan fingerprint density at radius 2 is 1.58 bits per heavy atom. The predicted molar refractivity (Wildman–Crippen MR) is 102 cm³/mol. The quantitative estimate of drug-likeness (QED) is 0.105. The van der Waals surface area contributed by atoms with Crippen molar-refractivity contribution < 1.29 is 59.6 Å². The van der Waals surface area contributed by atoms with Crippen LogP contribution in [-0.4, -0.2) is 135 Å². The Labute approximate surface area is 183 Å². The molecule has 0 aromatic heterocycles. The third kappa shape index (κ3) is 6.67. The molecule has 10 atom stereocenters. The minimum absolute atomic E-state index is 0.329. The van der Waals surface area contributed by atoms with Crippen LogP contribution in [0.1, 0.15) is 0 Å². The molecule has 0 bridgehead atoms. The standard InChI is InChI=1S/C16H30N2O12S/c19-3-6-9(22)10(23)13(26)16(29-6)30-14-7(4-20)28-15(12(25)11(14)24)18-27-5-8(21)17-1-2-31/h6-7,9-16,18-20,22-26,31H,1-5H2,(H,17,21)/t6?,7?,9-,10?,11?,12+,13+,14-,15-,16-/m1/s1. The number of carbonyl (C=O) groups excluding carboxylic acids is 1. The molecule has 2 fully saturated rings. The number of carbonyl (C=O) groups is 1. The van der Waals surface area contributed by atoms with E-state index in [1.54, 1.807) is 0 Å². The lowest BCUT2D eigenvalue weighted by Crippen LogP contribution is -2.66. The summed E-state index contributed by atoms with van der Waals surface area (Å²) in [6, 6.07) is 0. The SMILES string of the molecule is O=C(CON[C@@H]1OC(CO)[C@@H](O[C@H]2OC(CO)[C@@H](O)C(O)[C@@H]2O)C(O)[C@@H]1O)NCCS. The van der Waals surface area contributed by atoms with Crippen LogP contribution in [0.25, 0.3) is 0 Å². The molecule has 2 heterocycles. The van der Waals surface area contributed by atoms with E-state index < -0.39 is 87.1 Å². The molecule has 15 heteroatoms. The van der Waals surface area contributed by atoms with E-state index in [1.807, 2.05) is 0 Å². The van der Waals surface area contributed by atoms with Gasteiger partial charge in [-0.25, -0.2) is 0 Å². The lowest BCUT2D eigenvalue weighted by Gasteiger charge is -2.46. The van der Waals surface area contributed by atoms with E-state index in [-0.39, 0.29) is 0 Å². The molecule has 1 amide bonds. The van der Waals surface area contributed by atoms with E-state index in [9.17, 15) is 40.5 Å². The van der Waals surface area contributed by atoms with Gasteiger partial charge < -0.3 is 55.3 Å². The van der Waals surface area contributed by atoms with Gasteiger partial charge >= 0.3 is 0 Å². The highest BCUT2D eigenvalue weighted by atomic mass is 32.1. The summed E-state index contributed by atoms with van der Waals surface area (Å²) in [4.78, 5) is 16.4. The zero-order chi connectivity index (χ0) is 23.1. The molecule has 2 aliphatic heterocycles. The maximum absolute atomic E-state index is 11.5. The number of thiol groups is 1. The molecule has 2 aliphatic rings. The van der Waals surface area contributed by atoms with Crippen LogP contribution in [-0.2, 0) is 23.8 Å². The van der Waals surface area contributed by atoms with Gasteiger partial charge in [0, 0.05) is 12.3 Å². The van der Waals surface area contributed by atoms with Gasteiger partial charge in [0.25, 0.3) is 0 Å². The summed E-state index contributed by atoms with van der Waals surface area (Å²) in [6.45, 7) is -1.47. The molecule has 4 unspecified atom stereocenters. The predicted octanol–water partition coefficient (Wildman–Crippen LogP) is -5.82. The summed E-state index contributed by atoms with van der Waals surface area (Å²) in [5.74, 6) is -0.0287. The molecule has 9 N–H and O–H groups in total. The van der Waals surface area contributed by atoms with E-state index in [0.29, 0.717) is 12.3 Å². The highest BCUT2D eigenvalue weighted by Gasteiger charge is 2.50. The molecule has 0 aliphatic carbocycles. The minimum Gasteiger partial charge on any atom is -0.394 e. The second kappa shape index (κ2) is 12.5. The van der Waals surface area contributed by atoms with Crippen LogP contribution >= 0.6 is 12.6 Å². The first-order valence-electron chi connectivity index (χ1n) is 9.58. The van der Waals surface area contributed by atoms with Gasteiger partial charge in [-0.2, -0.15) is 18.1 Å². The second-order valence-electron chi connectivity index (χ2n) is 7.04. The summed E-state index contributed by atoms with van der Waals surface area (Å²) < 4.78 is 16.0. The molecule has 0 radical (unpaired) electrons. The van der Waals surface area contributed by atoms with Crippen molar-refractivity contribution in [3.8, 4) is 0 Å². The van der Waals surface area contributed by atoms with Crippen molar-refractivity contribution in [2.45, 2.75) is 61.3 Å². The van der Waals surface area contributed by atoms with Crippen molar-refractivity contribution in [1.82, 2.24) is 10.8 Å². The number of aliphatic hydroxyl groups is 7. The maximum Gasteiger partial charge on any atom is 0.248 e. The largest absolute Gasteiger partial charge is 0.394 e. The first-order chi connectivity index (χ1) is 14.7. The van der Waals surface area contributed by atoms with Crippen molar-refractivity contribution in [3.63, 3.8) is 0 Å². The fourth-order valence-electron chi connectivity index (χ4n) is 3.12. The van der Waals surface area contributed by atoms with Gasteiger partial charge in [0.05, 0.1) is 13.2 Å². The van der Waals surface area contributed by atoms with Gasteiger partial charge in [-0.05, 0) is 0 Å². The Bertz CT molecular complexity index is 559. The summed E-state index contributed by atoms with van der Waals surface area (Å²) in [5, 5.41) is 71.8. The van der Waals surface area contributed by atoms with E-state index >= 15 is 0 Å². The van der Waals surface area contributed by atoms with Gasteiger partial charge in [0.2, 0.25) is 5.91 Å². The number of aliphatic hydroxyl groups excluding tert-OH is 7. The number of rotatable bonds is 10. The van der Waals surface area contributed by atoms with Gasteiger partial charge in [0.15, 0.2) is 12.5 Å². The third-order valence-corrected chi connectivity index (χ3v) is 5.06. The lowest BCUT2D eigenvalue weighted by molar-refractivity contribution is -0.347. The molecule has 0 aromatic rings. The van der Waals surface area contributed by atoms with Crippen molar-refractivity contribution in [1.29, 1.82) is 0 Å². The fourth-order valence-corrected chi connectivity index (χ4v) is 3.23. The number of hydroxylamine groups is 1. The number of hydrogen-bond donors (Lipinski definition) is 10. The van der Waals surface area contributed by atoms with E-state index in [0.717, 1.165) is 0 Å².